The van der Waals surface area contributed by atoms with Gasteiger partial charge in [0.05, 0.1) is 38.5 Å². The number of ketones is 1. The molecule has 0 saturated carbocycles. The summed E-state index contributed by atoms with van der Waals surface area (Å²) in [7, 11) is 29.5. The molecule has 4 atom stereocenters. The number of hydrogen-bond acceptors (Lipinski definition) is 22. The van der Waals surface area contributed by atoms with E-state index in [1.165, 1.54) is 130 Å². The van der Waals surface area contributed by atoms with Gasteiger partial charge < -0.3 is 89.7 Å². The van der Waals surface area contributed by atoms with Crippen LogP contribution in [0.15, 0.2) is 12.2 Å². The van der Waals surface area contributed by atoms with E-state index in [-0.39, 0.29) is 113 Å². The summed E-state index contributed by atoms with van der Waals surface area (Å²) in [6.07, 6.45) is 17.7. The molecule has 0 aromatic rings. The van der Waals surface area contributed by atoms with Crippen molar-refractivity contribution in [1.29, 1.82) is 0 Å². The lowest BCUT2D eigenvalue weighted by molar-refractivity contribution is -0.130. The van der Waals surface area contributed by atoms with Crippen LogP contribution in [0.4, 0.5) is 0 Å². The number of aliphatic hydroxyl groups excluding tert-OH is 2. The number of morpholine rings is 1. The van der Waals surface area contributed by atoms with Crippen molar-refractivity contribution in [3.8, 4) is 0 Å². The molecule has 0 spiro atoms. The number of nitrogens with one attached hydrogen (secondary N) is 3. The molecule has 670 valence electrons. The van der Waals surface area contributed by atoms with Gasteiger partial charge in [-0.25, -0.2) is 0 Å². The summed E-state index contributed by atoms with van der Waals surface area (Å²) < 4.78 is 5.10. The minimum Gasteiger partial charge on any atom is -0.392 e. The fourth-order valence-corrected chi connectivity index (χ4v) is 12.1. The first-order valence-electron chi connectivity index (χ1n) is 37.9. The number of Topliss-reactive ketones (excluding diaryl/α,β-unsaturated/α-hetero) is 1. The number of carbonyl (C=O) groups is 3. The summed E-state index contributed by atoms with van der Waals surface area (Å²) in [5.41, 5.74) is 0. The van der Waals surface area contributed by atoms with E-state index in [1.807, 2.05) is 38.0 Å². The van der Waals surface area contributed by atoms with E-state index in [1.54, 1.807) is 6.92 Å². The maximum Gasteiger partial charge on any atom is 0.234 e. The molecule has 24 nitrogen and oxygen atoms in total. The number of likely N-dealkylation sites (N-methyl/N-ethyl adjacent to an activating group) is 11. The summed E-state index contributed by atoms with van der Waals surface area (Å²) in [6, 6.07) is 0.689. The number of amides is 2. The average molecular weight is 1570 g/mol. The Morgan fingerprint density at radius 2 is 0.734 bits per heavy atom. The predicted molar refractivity (Wildman–Crippen MR) is 488 cm³/mol. The fourth-order valence-electron chi connectivity index (χ4n) is 12.1. The SMILES string of the molecule is C.C.C.C.C.C.C.C.C.C.C.C.CC(=O)N1CCN(C)CC1.CC1CCN(C)C1.CC1CN(C)CCN1.CN1CC=CC1.CN1CCC(O)C1.CN1CCCC(=O)C1.CN1CCCC(O)C1.CN1CCCC1.CN1CCCCC1.CN1CCN(C)CC1.CN1CCNC(=O)C1.CN1CCNCC1.CN1CCOCC1. The summed E-state index contributed by atoms with van der Waals surface area (Å²) in [6.45, 7) is 45.4. The molecule has 13 aliphatic rings. The van der Waals surface area contributed by atoms with E-state index in [4.69, 9.17) is 14.9 Å². The van der Waals surface area contributed by atoms with E-state index >= 15 is 0 Å². The first kappa shape index (κ1) is 133. The first-order valence-corrected chi connectivity index (χ1v) is 37.9. The number of carbonyl (C=O) groups excluding carboxylic acids is 3. The molecular formula is C85H204N18O6. The highest BCUT2D eigenvalue weighted by Crippen LogP contribution is 2.12. The average Bonchev–Trinajstić information content (AvgIpc) is 1.82. The summed E-state index contributed by atoms with van der Waals surface area (Å²) >= 11 is 0. The molecule has 0 aromatic heterocycles. The van der Waals surface area contributed by atoms with E-state index in [9.17, 15) is 14.4 Å². The van der Waals surface area contributed by atoms with Crippen LogP contribution in [-0.4, -0.2) is 454 Å². The number of rotatable bonds is 0. The minimum absolute atomic E-state index is 0. The smallest absolute Gasteiger partial charge is 0.234 e. The molecule has 0 aliphatic carbocycles. The van der Waals surface area contributed by atoms with Gasteiger partial charge in [-0.05, 0) is 215 Å². The lowest BCUT2D eigenvalue weighted by atomic mass is 10.1. The van der Waals surface area contributed by atoms with Crippen molar-refractivity contribution in [2.45, 2.75) is 199 Å². The molecule has 2 amide bonds. The molecule has 12 fully saturated rings. The molecule has 12 saturated heterocycles. The second-order valence-electron chi connectivity index (χ2n) is 30.0. The van der Waals surface area contributed by atoms with Crippen LogP contribution in [0.5, 0.6) is 0 Å². The first-order chi connectivity index (χ1) is 46.2. The second kappa shape index (κ2) is 85.0. The third kappa shape index (κ3) is 81.9. The Bertz CT molecular complexity index is 1730. The molecular weight excluding hydrogens is 1370 g/mol. The molecule has 4 unspecified atom stereocenters. The third-order valence-electron chi connectivity index (χ3n) is 19.0. The van der Waals surface area contributed by atoms with Gasteiger partial charge in [0.15, 0.2) is 0 Å². The number of ether oxygens (including phenoxy) is 1. The number of likely N-dealkylation sites (tertiary alicyclic amines) is 6. The van der Waals surface area contributed by atoms with Crippen LogP contribution in [0.25, 0.3) is 0 Å². The lowest BCUT2D eigenvalue weighted by Gasteiger charge is -2.31. The van der Waals surface area contributed by atoms with E-state index < -0.39 is 0 Å². The zero-order chi connectivity index (χ0) is 72.2. The topological polar surface area (TPSA) is 186 Å². The van der Waals surface area contributed by atoms with Gasteiger partial charge in [-0.3, -0.25) is 29.1 Å². The van der Waals surface area contributed by atoms with Gasteiger partial charge in [-0.1, -0.05) is 115 Å². The van der Waals surface area contributed by atoms with Crippen molar-refractivity contribution in [2.24, 2.45) is 5.92 Å². The summed E-state index contributed by atoms with van der Waals surface area (Å²) in [5, 5.41) is 27.3. The van der Waals surface area contributed by atoms with Gasteiger partial charge in [0.1, 0.15) is 5.78 Å². The maximum atomic E-state index is 10.8. The Balaban J connectivity index is -0.0000000928. The van der Waals surface area contributed by atoms with Crippen LogP contribution in [0.2, 0.25) is 0 Å². The number of aliphatic hydroxyl groups is 2. The highest BCUT2D eigenvalue weighted by molar-refractivity contribution is 5.81. The summed E-state index contributed by atoms with van der Waals surface area (Å²) in [4.78, 5) is 65.5. The monoisotopic (exact) mass is 1570 g/mol. The lowest BCUT2D eigenvalue weighted by Crippen LogP contribution is -2.47. The van der Waals surface area contributed by atoms with Gasteiger partial charge >= 0.3 is 0 Å². The Morgan fingerprint density at radius 1 is 0.367 bits per heavy atom. The Kier molecular flexibility index (Phi) is 104. The van der Waals surface area contributed by atoms with Gasteiger partial charge in [0, 0.05) is 183 Å². The summed E-state index contributed by atoms with van der Waals surface area (Å²) in [5.74, 6) is 1.68. The van der Waals surface area contributed by atoms with Crippen molar-refractivity contribution in [3.05, 3.63) is 12.2 Å². The number of piperazine rings is 5. The maximum absolute atomic E-state index is 10.8. The third-order valence-corrected chi connectivity index (χ3v) is 19.0. The van der Waals surface area contributed by atoms with Crippen LogP contribution in [0, 0.1) is 5.92 Å². The quantitative estimate of drug-likeness (QED) is 0.145. The molecule has 24 heteroatoms. The fraction of sp³-hybridized carbons (Fsp3) is 0.941. The zero-order valence-electron chi connectivity index (χ0n) is 65.9. The van der Waals surface area contributed by atoms with Gasteiger partial charge in [0.25, 0.3) is 0 Å². The van der Waals surface area contributed by atoms with E-state index in [0.29, 0.717) is 24.9 Å². The Morgan fingerprint density at radius 3 is 0.972 bits per heavy atom. The van der Waals surface area contributed by atoms with Crippen LogP contribution in [-0.2, 0) is 19.1 Å². The van der Waals surface area contributed by atoms with E-state index in [0.717, 1.165) is 169 Å². The van der Waals surface area contributed by atoms with Gasteiger partial charge in [-0.15, -0.1) is 0 Å². The molecule has 0 bridgehead atoms. The molecule has 13 rings (SSSR count). The number of hydrogen-bond donors (Lipinski definition) is 5. The molecule has 0 aromatic carbocycles. The largest absolute Gasteiger partial charge is 0.392 e. The molecule has 13 aliphatic heterocycles. The van der Waals surface area contributed by atoms with Crippen LogP contribution in [0.1, 0.15) is 181 Å². The number of piperidine rings is 3. The standard InChI is InChI=1S/C7H14N2O.2C6H14N2.C6H13NO.C6H11NO.2C6H13N.C5H10N2O.C5H12N2.2C5H11NO.C5H11N.C5H9N.12CH4/c1-7(10)9-5-3-8(2)4-6-9;1-7-3-5-8(2)6-4-7;1-6-5-8(2)4-3-7-6;2*1-7-4-2-3-6(8)5-7;1-6-3-4-7(2)5-6;1-7-5-3-2-4-6-7;1-7-3-2-6-5(8)4-7;1-7-4-2-6-3-5-7;1-6-2-4-7-5-3-6;1-6-3-2-5(7)4-6;2*1-6-4-2-3-5-6;;;;;;;;;;;;/h3-6H2,1-2H3;3-6H2,1-2H3;6-7H,3-5H2,1-2H3;6,8H,2-5H2,1H3;2-5H2,1H3;6H,3-5H2,1-2H3;2-6H2,1H3;2-4H2,1H3,(H,6,8);6H,2-5H2,1H3;2-5H2,1H3;5,7H,2-4H2,1H3;2-5H2,1H3;2-3H,4-5H2,1H3;12*1H4. The molecule has 0 radical (unpaired) electrons. The molecule has 5 N–H and O–H groups in total. The van der Waals surface area contributed by atoms with E-state index in [2.05, 4.69) is 176 Å². The van der Waals surface area contributed by atoms with Crippen LogP contribution < -0.4 is 16.0 Å². The predicted octanol–water partition coefficient (Wildman–Crippen LogP) is 9.00. The van der Waals surface area contributed by atoms with Crippen molar-refractivity contribution in [2.75, 3.05) is 334 Å². The van der Waals surface area contributed by atoms with Crippen LogP contribution >= 0.6 is 0 Å². The highest BCUT2D eigenvalue weighted by Gasteiger charge is 2.18. The van der Waals surface area contributed by atoms with Crippen LogP contribution in [0.3, 0.4) is 0 Å². The Hall–Kier alpha value is -2.41. The van der Waals surface area contributed by atoms with Crippen molar-refractivity contribution < 1.29 is 29.3 Å². The van der Waals surface area contributed by atoms with Crippen molar-refractivity contribution in [3.63, 3.8) is 0 Å². The van der Waals surface area contributed by atoms with Gasteiger partial charge in [0.2, 0.25) is 11.8 Å². The van der Waals surface area contributed by atoms with Crippen molar-refractivity contribution in [1.82, 2.24) is 89.4 Å². The Labute approximate surface area is 684 Å². The number of β-amino-alcohol motifs (C(OH)–C–C–N with tert-alkyl or cyclic N) is 2. The minimum atomic E-state index is -0.0613. The highest BCUT2D eigenvalue weighted by atomic mass is 16.5. The van der Waals surface area contributed by atoms with Gasteiger partial charge in [-0.2, -0.15) is 0 Å². The molecule has 109 heavy (non-hydrogen) atoms. The zero-order valence-corrected chi connectivity index (χ0v) is 65.9. The second-order valence-corrected chi connectivity index (χ2v) is 30.0. The van der Waals surface area contributed by atoms with Crippen molar-refractivity contribution >= 4 is 17.6 Å². The number of nitrogens with zero attached hydrogens (tertiary/aromatic N) is 15. The normalized spacial score (nSPS) is 24.1. The molecule has 13 heterocycles.